The van der Waals surface area contributed by atoms with E-state index in [1.54, 1.807) is 7.11 Å². The molecule has 0 aliphatic heterocycles. The lowest BCUT2D eigenvalue weighted by Crippen LogP contribution is -2.05. The fraction of sp³-hybridized carbons (Fsp3) is 0.357. The smallest absolute Gasteiger partial charge is 0.119 e. The molecular formula is C14H18N2O2. The van der Waals surface area contributed by atoms with Gasteiger partial charge in [-0.05, 0) is 37.3 Å². The minimum Gasteiger partial charge on any atom is -0.497 e. The molecule has 0 aliphatic rings. The molecule has 1 aromatic heterocycles. The zero-order valence-corrected chi connectivity index (χ0v) is 10.8. The molecule has 2 rings (SSSR count). The Bertz CT molecular complexity index is 477. The number of methoxy groups -OCH3 is 1. The van der Waals surface area contributed by atoms with E-state index in [0.717, 1.165) is 30.2 Å². The van der Waals surface area contributed by atoms with Crippen LogP contribution in [0.15, 0.2) is 36.5 Å². The van der Waals surface area contributed by atoms with Gasteiger partial charge < -0.3 is 9.47 Å². The zero-order chi connectivity index (χ0) is 12.8. The summed E-state index contributed by atoms with van der Waals surface area (Å²) in [7, 11) is 1.65. The Hall–Kier alpha value is -1.97. The van der Waals surface area contributed by atoms with Crippen LogP contribution in [0, 0.1) is 6.92 Å². The van der Waals surface area contributed by atoms with Gasteiger partial charge in [0, 0.05) is 19.2 Å². The lowest BCUT2D eigenvalue weighted by Gasteiger charge is -2.07. The highest BCUT2D eigenvalue weighted by Gasteiger charge is 1.97. The molecule has 1 aromatic carbocycles. The van der Waals surface area contributed by atoms with E-state index in [2.05, 4.69) is 5.10 Å². The van der Waals surface area contributed by atoms with E-state index in [0.29, 0.717) is 6.61 Å². The average molecular weight is 246 g/mol. The predicted octanol–water partition coefficient (Wildman–Crippen LogP) is 2.67. The zero-order valence-electron chi connectivity index (χ0n) is 10.8. The van der Waals surface area contributed by atoms with Gasteiger partial charge in [0.1, 0.15) is 11.5 Å². The van der Waals surface area contributed by atoms with Crippen LogP contribution in [0.5, 0.6) is 11.5 Å². The third-order valence-corrected chi connectivity index (χ3v) is 2.63. The number of rotatable bonds is 6. The van der Waals surface area contributed by atoms with E-state index in [-0.39, 0.29) is 0 Å². The summed E-state index contributed by atoms with van der Waals surface area (Å²) in [6, 6.07) is 9.62. The number of hydrogen-bond donors (Lipinski definition) is 0. The second-order valence-electron chi connectivity index (χ2n) is 4.10. The van der Waals surface area contributed by atoms with Crippen molar-refractivity contribution in [2.45, 2.75) is 19.9 Å². The summed E-state index contributed by atoms with van der Waals surface area (Å²) in [5.41, 5.74) is 1.05. The Morgan fingerprint density at radius 2 is 1.83 bits per heavy atom. The molecule has 0 saturated heterocycles. The summed E-state index contributed by atoms with van der Waals surface area (Å²) in [4.78, 5) is 0. The van der Waals surface area contributed by atoms with Crippen molar-refractivity contribution in [2.75, 3.05) is 13.7 Å². The molecule has 0 unspecified atom stereocenters. The minimum absolute atomic E-state index is 0.686. The van der Waals surface area contributed by atoms with Crippen molar-refractivity contribution < 1.29 is 9.47 Å². The molecule has 0 fully saturated rings. The van der Waals surface area contributed by atoms with E-state index < -0.39 is 0 Å². The number of benzene rings is 1. The summed E-state index contributed by atoms with van der Waals surface area (Å²) in [5, 5.41) is 4.32. The van der Waals surface area contributed by atoms with Gasteiger partial charge in [0.15, 0.2) is 0 Å². The van der Waals surface area contributed by atoms with Crippen molar-refractivity contribution in [2.24, 2.45) is 0 Å². The van der Waals surface area contributed by atoms with Crippen LogP contribution in [0.3, 0.4) is 0 Å². The largest absolute Gasteiger partial charge is 0.497 e. The molecule has 0 saturated carbocycles. The van der Waals surface area contributed by atoms with E-state index in [1.165, 1.54) is 0 Å². The normalized spacial score (nSPS) is 10.3. The summed E-state index contributed by atoms with van der Waals surface area (Å²) in [6.45, 7) is 3.56. The van der Waals surface area contributed by atoms with Gasteiger partial charge in [0.25, 0.3) is 0 Å². The Morgan fingerprint density at radius 1 is 1.11 bits per heavy atom. The standard InChI is InChI=1S/C14H18N2O2/c1-12-8-10-16(15-12)9-3-11-18-14-6-4-13(17-2)5-7-14/h4-8,10H,3,9,11H2,1-2H3. The third-order valence-electron chi connectivity index (χ3n) is 2.63. The molecule has 0 spiro atoms. The fourth-order valence-electron chi connectivity index (χ4n) is 1.68. The van der Waals surface area contributed by atoms with Crippen LogP contribution in [0.1, 0.15) is 12.1 Å². The van der Waals surface area contributed by atoms with Crippen LogP contribution in [0.2, 0.25) is 0 Å². The van der Waals surface area contributed by atoms with Crippen LogP contribution in [-0.2, 0) is 6.54 Å². The van der Waals surface area contributed by atoms with Crippen LogP contribution >= 0.6 is 0 Å². The molecule has 0 bridgehead atoms. The second-order valence-corrected chi connectivity index (χ2v) is 4.10. The van der Waals surface area contributed by atoms with Crippen molar-refractivity contribution in [3.05, 3.63) is 42.2 Å². The van der Waals surface area contributed by atoms with E-state index in [1.807, 2.05) is 48.1 Å². The maximum absolute atomic E-state index is 5.64. The third kappa shape index (κ3) is 3.52. The van der Waals surface area contributed by atoms with Gasteiger partial charge in [-0.15, -0.1) is 0 Å². The van der Waals surface area contributed by atoms with Gasteiger partial charge in [-0.2, -0.15) is 5.10 Å². The van der Waals surface area contributed by atoms with Crippen LogP contribution in [-0.4, -0.2) is 23.5 Å². The van der Waals surface area contributed by atoms with Gasteiger partial charge >= 0.3 is 0 Å². The molecule has 0 aliphatic carbocycles. The lowest BCUT2D eigenvalue weighted by atomic mass is 10.3. The molecule has 0 radical (unpaired) electrons. The summed E-state index contributed by atoms with van der Waals surface area (Å²) < 4.78 is 12.7. The van der Waals surface area contributed by atoms with Gasteiger partial charge in [0.05, 0.1) is 19.4 Å². The Kier molecular flexibility index (Phi) is 4.23. The molecule has 4 heteroatoms. The van der Waals surface area contributed by atoms with Crippen molar-refractivity contribution in [3.63, 3.8) is 0 Å². The van der Waals surface area contributed by atoms with Crippen LogP contribution in [0.4, 0.5) is 0 Å². The topological polar surface area (TPSA) is 36.3 Å². The monoisotopic (exact) mass is 246 g/mol. The van der Waals surface area contributed by atoms with Gasteiger partial charge in [-0.3, -0.25) is 4.68 Å². The maximum Gasteiger partial charge on any atom is 0.119 e. The summed E-state index contributed by atoms with van der Waals surface area (Å²) in [5.74, 6) is 1.71. The van der Waals surface area contributed by atoms with Crippen molar-refractivity contribution in [1.29, 1.82) is 0 Å². The molecule has 96 valence electrons. The molecule has 4 nitrogen and oxygen atoms in total. The number of aryl methyl sites for hydroxylation is 2. The molecule has 18 heavy (non-hydrogen) atoms. The Balaban J connectivity index is 1.71. The second kappa shape index (κ2) is 6.10. The molecule has 1 heterocycles. The fourth-order valence-corrected chi connectivity index (χ4v) is 1.68. The van der Waals surface area contributed by atoms with E-state index in [4.69, 9.17) is 9.47 Å². The molecular weight excluding hydrogens is 228 g/mol. The van der Waals surface area contributed by atoms with Crippen molar-refractivity contribution >= 4 is 0 Å². The first-order valence-electron chi connectivity index (χ1n) is 6.05. The SMILES string of the molecule is COc1ccc(OCCCn2ccc(C)n2)cc1. The number of hydrogen-bond acceptors (Lipinski definition) is 3. The Morgan fingerprint density at radius 3 is 2.44 bits per heavy atom. The molecule has 0 amide bonds. The lowest BCUT2D eigenvalue weighted by molar-refractivity contribution is 0.298. The maximum atomic E-state index is 5.64. The van der Waals surface area contributed by atoms with Gasteiger partial charge in [-0.25, -0.2) is 0 Å². The Labute approximate surface area is 107 Å². The summed E-state index contributed by atoms with van der Waals surface area (Å²) >= 11 is 0. The van der Waals surface area contributed by atoms with Crippen LogP contribution < -0.4 is 9.47 Å². The summed E-state index contributed by atoms with van der Waals surface area (Å²) in [6.07, 6.45) is 2.93. The molecule has 0 atom stereocenters. The number of ether oxygens (including phenoxy) is 2. The predicted molar refractivity (Wildman–Crippen MR) is 70.1 cm³/mol. The van der Waals surface area contributed by atoms with Gasteiger partial charge in [0.2, 0.25) is 0 Å². The van der Waals surface area contributed by atoms with Gasteiger partial charge in [-0.1, -0.05) is 0 Å². The first-order chi connectivity index (χ1) is 8.78. The molecule has 0 N–H and O–H groups in total. The number of aromatic nitrogens is 2. The highest BCUT2D eigenvalue weighted by molar-refractivity contribution is 5.31. The van der Waals surface area contributed by atoms with E-state index in [9.17, 15) is 0 Å². The minimum atomic E-state index is 0.686. The average Bonchev–Trinajstić information content (AvgIpc) is 2.81. The highest BCUT2D eigenvalue weighted by Crippen LogP contribution is 2.17. The van der Waals surface area contributed by atoms with Crippen molar-refractivity contribution in [3.8, 4) is 11.5 Å². The first kappa shape index (κ1) is 12.5. The van der Waals surface area contributed by atoms with E-state index >= 15 is 0 Å². The first-order valence-corrected chi connectivity index (χ1v) is 6.05. The quantitative estimate of drug-likeness (QED) is 0.735. The molecule has 2 aromatic rings. The number of nitrogens with zero attached hydrogens (tertiary/aromatic N) is 2. The highest BCUT2D eigenvalue weighted by atomic mass is 16.5. The van der Waals surface area contributed by atoms with Crippen molar-refractivity contribution in [1.82, 2.24) is 9.78 Å². The van der Waals surface area contributed by atoms with Crippen LogP contribution in [0.25, 0.3) is 0 Å².